The van der Waals surface area contributed by atoms with Crippen LogP contribution in [0.25, 0.3) is 0 Å². The van der Waals surface area contributed by atoms with E-state index in [2.05, 4.69) is 11.5 Å². The zero-order valence-corrected chi connectivity index (χ0v) is 9.03. The molecule has 0 aromatic heterocycles. The van der Waals surface area contributed by atoms with E-state index in [1.54, 1.807) is 12.2 Å². The number of ether oxygens (including phenoxy) is 1. The molecule has 15 heavy (non-hydrogen) atoms. The third-order valence-corrected chi connectivity index (χ3v) is 2.95. The van der Waals surface area contributed by atoms with Crippen molar-refractivity contribution >= 4 is 5.97 Å². The second-order valence-corrected chi connectivity index (χ2v) is 3.57. The number of hydrogen-bond acceptors (Lipinski definition) is 4. The van der Waals surface area contributed by atoms with E-state index in [0.29, 0.717) is 18.4 Å². The minimum Gasteiger partial charge on any atom is -0.468 e. The Kier molecular flexibility index (Phi) is 3.66. The lowest BCUT2D eigenvalue weighted by Crippen LogP contribution is -2.39. The molecule has 0 bridgehead atoms. The molecule has 4 nitrogen and oxygen atoms in total. The molecule has 0 saturated carbocycles. The number of esters is 1. The maximum atomic E-state index is 11.7. The topological polar surface area (TPSA) is 55.8 Å². The van der Waals surface area contributed by atoms with Crippen LogP contribution in [0.2, 0.25) is 0 Å². The summed E-state index contributed by atoms with van der Waals surface area (Å²) in [6.45, 7) is 5.69. The summed E-state index contributed by atoms with van der Waals surface area (Å²) < 4.78 is 4.76. The first-order valence-corrected chi connectivity index (χ1v) is 4.88. The summed E-state index contributed by atoms with van der Waals surface area (Å²) >= 11 is 0. The maximum Gasteiger partial charge on any atom is 0.319 e. The fourth-order valence-corrected chi connectivity index (χ4v) is 1.91. The fraction of sp³-hybridized carbons (Fsp3) is 0.545. The van der Waals surface area contributed by atoms with Gasteiger partial charge < -0.3 is 4.74 Å². The van der Waals surface area contributed by atoms with Crippen LogP contribution in [0.5, 0.6) is 0 Å². The van der Waals surface area contributed by atoms with Crippen LogP contribution in [0.3, 0.4) is 0 Å². The summed E-state index contributed by atoms with van der Waals surface area (Å²) in [4.78, 5) is 16.0. The number of rotatable bonds is 3. The number of carbonyl (C=O) groups excluding carboxylic acids is 1. The number of methoxy groups -OCH3 is 1. The van der Waals surface area contributed by atoms with E-state index < -0.39 is 11.5 Å². The van der Waals surface area contributed by atoms with Crippen molar-refractivity contribution in [2.75, 3.05) is 7.11 Å². The summed E-state index contributed by atoms with van der Waals surface area (Å²) in [5.74, 6) is -0.368. The van der Waals surface area contributed by atoms with E-state index in [0.717, 1.165) is 0 Å². The minimum absolute atomic E-state index is 0.368. The normalized spacial score (nSPS) is 30.3. The van der Waals surface area contributed by atoms with Crippen LogP contribution in [-0.2, 0) is 14.4 Å². The van der Waals surface area contributed by atoms with E-state index in [1.165, 1.54) is 7.11 Å². The predicted molar refractivity (Wildman–Crippen MR) is 55.1 cm³/mol. The molecule has 0 unspecified atom stereocenters. The Labute approximate surface area is 89.1 Å². The highest BCUT2D eigenvalue weighted by molar-refractivity contribution is 5.83. The van der Waals surface area contributed by atoms with Crippen molar-refractivity contribution in [1.82, 2.24) is 0 Å². The SMILES string of the molecule is C=C1[C@H](OO)CC=C[C@@]1(CC)C(=O)OC. The van der Waals surface area contributed by atoms with E-state index in [9.17, 15) is 4.79 Å². The van der Waals surface area contributed by atoms with Gasteiger partial charge in [0.05, 0.1) is 7.11 Å². The monoisotopic (exact) mass is 212 g/mol. The Morgan fingerprint density at radius 3 is 2.93 bits per heavy atom. The summed E-state index contributed by atoms with van der Waals surface area (Å²) in [5, 5.41) is 8.70. The third-order valence-electron chi connectivity index (χ3n) is 2.95. The lowest BCUT2D eigenvalue weighted by molar-refractivity contribution is -0.270. The van der Waals surface area contributed by atoms with E-state index in [-0.39, 0.29) is 5.97 Å². The van der Waals surface area contributed by atoms with Crippen molar-refractivity contribution in [3.05, 3.63) is 24.3 Å². The molecule has 0 spiro atoms. The molecule has 1 N–H and O–H groups in total. The Morgan fingerprint density at radius 1 is 1.80 bits per heavy atom. The molecule has 0 radical (unpaired) electrons. The van der Waals surface area contributed by atoms with Crippen molar-refractivity contribution in [2.45, 2.75) is 25.9 Å². The second-order valence-electron chi connectivity index (χ2n) is 3.57. The molecule has 1 aliphatic carbocycles. The first-order valence-electron chi connectivity index (χ1n) is 4.88. The van der Waals surface area contributed by atoms with Crippen molar-refractivity contribution in [3.63, 3.8) is 0 Å². The third kappa shape index (κ3) is 1.82. The van der Waals surface area contributed by atoms with Gasteiger partial charge in [-0.1, -0.05) is 25.7 Å². The molecule has 0 amide bonds. The molecule has 84 valence electrons. The second kappa shape index (κ2) is 4.59. The Hall–Kier alpha value is -1.13. The van der Waals surface area contributed by atoms with Crippen LogP contribution < -0.4 is 0 Å². The first kappa shape index (κ1) is 11.9. The van der Waals surface area contributed by atoms with Gasteiger partial charge in [-0.2, -0.15) is 0 Å². The highest BCUT2D eigenvalue weighted by Gasteiger charge is 2.43. The lowest BCUT2D eigenvalue weighted by Gasteiger charge is -2.34. The number of carbonyl (C=O) groups is 1. The summed E-state index contributed by atoms with van der Waals surface area (Å²) in [6.07, 6.45) is 4.10. The van der Waals surface area contributed by atoms with Gasteiger partial charge in [0.15, 0.2) is 0 Å². The van der Waals surface area contributed by atoms with Gasteiger partial charge in [-0.15, -0.1) is 0 Å². The molecule has 0 aromatic rings. The van der Waals surface area contributed by atoms with Gasteiger partial charge in [-0.05, 0) is 18.4 Å². The quantitative estimate of drug-likeness (QED) is 0.336. The molecule has 0 fully saturated rings. The average molecular weight is 212 g/mol. The molecular weight excluding hydrogens is 196 g/mol. The fourth-order valence-electron chi connectivity index (χ4n) is 1.91. The Bertz CT molecular complexity index is 295. The molecule has 1 rings (SSSR count). The van der Waals surface area contributed by atoms with Gasteiger partial charge in [-0.3, -0.25) is 10.1 Å². The van der Waals surface area contributed by atoms with Gasteiger partial charge >= 0.3 is 5.97 Å². The van der Waals surface area contributed by atoms with Gasteiger partial charge in [0.25, 0.3) is 0 Å². The predicted octanol–water partition coefficient (Wildman–Crippen LogP) is 1.93. The largest absolute Gasteiger partial charge is 0.468 e. The average Bonchev–Trinajstić information content (AvgIpc) is 2.28. The maximum absolute atomic E-state index is 11.7. The van der Waals surface area contributed by atoms with Gasteiger partial charge in [0.2, 0.25) is 0 Å². The lowest BCUT2D eigenvalue weighted by atomic mass is 9.72. The summed E-state index contributed by atoms with van der Waals surface area (Å²) in [7, 11) is 1.34. The molecule has 1 aliphatic rings. The van der Waals surface area contributed by atoms with Crippen molar-refractivity contribution in [2.24, 2.45) is 5.41 Å². The zero-order valence-electron chi connectivity index (χ0n) is 9.03. The zero-order chi connectivity index (χ0) is 11.5. The molecule has 2 atom stereocenters. The Morgan fingerprint density at radius 2 is 2.47 bits per heavy atom. The minimum atomic E-state index is -0.861. The van der Waals surface area contributed by atoms with Crippen LogP contribution in [0.1, 0.15) is 19.8 Å². The van der Waals surface area contributed by atoms with Crippen LogP contribution in [0.4, 0.5) is 0 Å². The molecule has 4 heteroatoms. The van der Waals surface area contributed by atoms with Crippen LogP contribution >= 0.6 is 0 Å². The molecule has 0 aliphatic heterocycles. The van der Waals surface area contributed by atoms with Crippen molar-refractivity contribution in [3.8, 4) is 0 Å². The first-order chi connectivity index (χ1) is 7.12. The van der Waals surface area contributed by atoms with E-state index in [4.69, 9.17) is 9.99 Å². The van der Waals surface area contributed by atoms with Gasteiger partial charge in [0.1, 0.15) is 11.5 Å². The van der Waals surface area contributed by atoms with Gasteiger partial charge in [0, 0.05) is 0 Å². The highest BCUT2D eigenvalue weighted by atomic mass is 17.1. The molecular formula is C11H16O4. The van der Waals surface area contributed by atoms with Crippen LogP contribution in [0, 0.1) is 5.41 Å². The standard InChI is InChI=1S/C11H16O4/c1-4-11(10(12)14-3)7-5-6-9(15-13)8(11)2/h5,7,9,13H,2,4,6H2,1,3H3/t9-,11-/m1/s1. The highest BCUT2D eigenvalue weighted by Crippen LogP contribution is 2.40. The molecule has 0 aromatic carbocycles. The van der Waals surface area contributed by atoms with Crippen LogP contribution in [0.15, 0.2) is 24.3 Å². The Balaban J connectivity index is 3.08. The summed E-state index contributed by atoms with van der Waals surface area (Å²) in [6, 6.07) is 0. The molecule has 0 saturated heterocycles. The smallest absolute Gasteiger partial charge is 0.319 e. The van der Waals surface area contributed by atoms with Crippen molar-refractivity contribution < 1.29 is 19.7 Å². The van der Waals surface area contributed by atoms with Gasteiger partial charge in [-0.25, -0.2) is 4.89 Å². The van der Waals surface area contributed by atoms with Crippen LogP contribution in [-0.4, -0.2) is 24.4 Å². The van der Waals surface area contributed by atoms with Crippen molar-refractivity contribution in [1.29, 1.82) is 0 Å². The summed E-state index contributed by atoms with van der Waals surface area (Å²) in [5.41, 5.74) is -0.317. The molecule has 0 heterocycles. The number of hydrogen-bond donors (Lipinski definition) is 1. The van der Waals surface area contributed by atoms with E-state index in [1.807, 2.05) is 6.92 Å². The van der Waals surface area contributed by atoms with E-state index >= 15 is 0 Å².